The van der Waals surface area contributed by atoms with Gasteiger partial charge in [0.25, 0.3) is 0 Å². The molecule has 0 aliphatic rings. The van der Waals surface area contributed by atoms with Crippen molar-refractivity contribution >= 4 is 11.4 Å². The van der Waals surface area contributed by atoms with E-state index in [0.29, 0.717) is 0 Å². The summed E-state index contributed by atoms with van der Waals surface area (Å²) in [6.45, 7) is 11.0. The van der Waals surface area contributed by atoms with E-state index in [-0.39, 0.29) is 46.5 Å². The van der Waals surface area contributed by atoms with Crippen LogP contribution in [0.4, 0.5) is 11.4 Å². The predicted molar refractivity (Wildman–Crippen MR) is 101 cm³/mol. The van der Waals surface area contributed by atoms with Gasteiger partial charge in [-0.25, -0.2) is 0 Å². The Balaban J connectivity index is 0. The van der Waals surface area contributed by atoms with Gasteiger partial charge in [-0.1, -0.05) is 95.3 Å². The van der Waals surface area contributed by atoms with E-state index in [1.54, 1.807) is 0 Å². The average Bonchev–Trinajstić information content (AvgIpc) is 2.75. The SMILES string of the molecule is Cc1c(C)c(C)[c-](C)c1C.[Cl-].[Cl-].[Ti+4].c1ccc([N-]c2ccccc2)cc1. The van der Waals surface area contributed by atoms with Crippen LogP contribution in [0.1, 0.15) is 27.8 Å². The maximum Gasteiger partial charge on any atom is 4.00 e. The monoisotopic (exact) mass is 421 g/mol. The summed E-state index contributed by atoms with van der Waals surface area (Å²) in [6.07, 6.45) is 0. The van der Waals surface area contributed by atoms with Crippen LogP contribution in [0.5, 0.6) is 0 Å². The number of hydrogen-bond donors (Lipinski definition) is 0. The molecule has 3 rings (SSSR count). The van der Waals surface area contributed by atoms with Crippen LogP contribution in [0.3, 0.4) is 0 Å². The van der Waals surface area contributed by atoms with Crippen molar-refractivity contribution in [2.45, 2.75) is 34.6 Å². The third kappa shape index (κ3) is 7.25. The quantitative estimate of drug-likeness (QED) is 0.432. The summed E-state index contributed by atoms with van der Waals surface area (Å²) in [4.78, 5) is 0. The van der Waals surface area contributed by atoms with E-state index >= 15 is 0 Å². The second-order valence-electron chi connectivity index (χ2n) is 5.91. The summed E-state index contributed by atoms with van der Waals surface area (Å²) < 4.78 is 0. The average molecular weight is 422 g/mol. The summed E-state index contributed by atoms with van der Waals surface area (Å²) in [5, 5.41) is 4.44. The third-order valence-electron chi connectivity index (χ3n) is 4.58. The Morgan fingerprint density at radius 3 is 1.15 bits per heavy atom. The van der Waals surface area contributed by atoms with Gasteiger partial charge in [-0.15, -0.1) is 11.4 Å². The van der Waals surface area contributed by atoms with Gasteiger partial charge in [0, 0.05) is 0 Å². The predicted octanol–water partition coefficient (Wildman–Crippen LogP) is 0.977. The van der Waals surface area contributed by atoms with E-state index in [2.05, 4.69) is 39.9 Å². The maximum absolute atomic E-state index is 4.44. The van der Waals surface area contributed by atoms with Gasteiger partial charge in [0.1, 0.15) is 0 Å². The molecule has 0 saturated heterocycles. The third-order valence-corrected chi connectivity index (χ3v) is 4.58. The Bertz CT molecular complexity index is 635. The van der Waals surface area contributed by atoms with Crippen molar-refractivity contribution in [1.82, 2.24) is 0 Å². The van der Waals surface area contributed by atoms with E-state index in [1.165, 1.54) is 27.8 Å². The molecule has 0 aliphatic heterocycles. The first kappa shape index (κ1) is 27.1. The minimum atomic E-state index is 0. The van der Waals surface area contributed by atoms with Crippen LogP contribution >= 0.6 is 0 Å². The summed E-state index contributed by atoms with van der Waals surface area (Å²) in [6, 6.07) is 19.9. The van der Waals surface area contributed by atoms with Crippen LogP contribution in [-0.2, 0) is 21.7 Å². The van der Waals surface area contributed by atoms with Gasteiger partial charge in [-0.2, -0.15) is 27.8 Å². The van der Waals surface area contributed by atoms with Gasteiger partial charge >= 0.3 is 21.7 Å². The van der Waals surface area contributed by atoms with Crippen LogP contribution < -0.4 is 24.8 Å². The van der Waals surface area contributed by atoms with Crippen molar-refractivity contribution in [3.63, 3.8) is 0 Å². The Hall–Kier alpha value is -1.12. The largest absolute Gasteiger partial charge is 4.00 e. The molecule has 0 atom stereocenters. The summed E-state index contributed by atoms with van der Waals surface area (Å²) in [5.74, 6) is 0. The number of halogens is 2. The van der Waals surface area contributed by atoms with Gasteiger partial charge < -0.3 is 30.1 Å². The molecule has 0 aromatic heterocycles. The standard InChI is InChI=1S/C12H10N.C10H15.2ClH.Ti/c1-3-7-11(8-4-1)13-12-9-5-2-6-10-12;1-6-7(2)9(4)10(5)8(6)3;;;/h1-10H;1-5H3;2*1H;/q2*-1;;;+4/p-2. The maximum atomic E-state index is 4.44. The molecule has 3 aromatic rings. The zero-order chi connectivity index (χ0) is 16.8. The zero-order valence-electron chi connectivity index (χ0n) is 16.0. The van der Waals surface area contributed by atoms with E-state index in [9.17, 15) is 0 Å². The summed E-state index contributed by atoms with van der Waals surface area (Å²) >= 11 is 0. The molecule has 4 heteroatoms. The first-order valence-corrected chi connectivity index (χ1v) is 8.02. The summed E-state index contributed by atoms with van der Waals surface area (Å²) in [7, 11) is 0. The van der Waals surface area contributed by atoms with Crippen molar-refractivity contribution in [3.05, 3.63) is 93.8 Å². The van der Waals surface area contributed by atoms with E-state index < -0.39 is 0 Å². The molecule has 0 saturated carbocycles. The van der Waals surface area contributed by atoms with Crippen LogP contribution in [0.25, 0.3) is 5.32 Å². The fourth-order valence-electron chi connectivity index (χ4n) is 2.56. The molecule has 1 nitrogen and oxygen atoms in total. The van der Waals surface area contributed by atoms with Crippen LogP contribution in [0.2, 0.25) is 0 Å². The molecule has 0 heterocycles. The van der Waals surface area contributed by atoms with Gasteiger partial charge in [0.05, 0.1) is 0 Å². The van der Waals surface area contributed by atoms with Gasteiger partial charge in [-0.05, 0) is 0 Å². The first-order chi connectivity index (χ1) is 11.0. The molecule has 136 valence electrons. The van der Waals surface area contributed by atoms with E-state index in [4.69, 9.17) is 0 Å². The summed E-state index contributed by atoms with van der Waals surface area (Å²) in [5.41, 5.74) is 9.33. The number of hydrogen-bond acceptors (Lipinski definition) is 0. The Kier molecular flexibility index (Phi) is 13.7. The van der Waals surface area contributed by atoms with E-state index in [0.717, 1.165) is 11.4 Å². The van der Waals surface area contributed by atoms with Crippen molar-refractivity contribution < 1.29 is 46.5 Å². The molecular weight excluding hydrogens is 397 g/mol. The minimum absolute atomic E-state index is 0. The number of para-hydroxylation sites is 2. The van der Waals surface area contributed by atoms with Crippen LogP contribution in [0.15, 0.2) is 60.7 Å². The Labute approximate surface area is 185 Å². The smallest absolute Gasteiger partial charge is 1.00 e. The van der Waals surface area contributed by atoms with Gasteiger partial charge in [-0.3, -0.25) is 0 Å². The van der Waals surface area contributed by atoms with Crippen molar-refractivity contribution in [2.24, 2.45) is 0 Å². The second-order valence-corrected chi connectivity index (χ2v) is 5.91. The number of rotatable bonds is 2. The molecule has 0 fully saturated rings. The fraction of sp³-hybridized carbons (Fsp3) is 0.227. The van der Waals surface area contributed by atoms with E-state index in [1.807, 2.05) is 60.7 Å². The van der Waals surface area contributed by atoms with Gasteiger partial charge in [0.2, 0.25) is 0 Å². The molecule has 0 spiro atoms. The van der Waals surface area contributed by atoms with Gasteiger partial charge in [0.15, 0.2) is 0 Å². The first-order valence-electron chi connectivity index (χ1n) is 8.02. The molecule has 0 bridgehead atoms. The minimum Gasteiger partial charge on any atom is -1.00 e. The number of benzene rings is 2. The molecule has 3 aromatic carbocycles. The van der Waals surface area contributed by atoms with Crippen LogP contribution in [-0.4, -0.2) is 0 Å². The molecule has 0 N–H and O–H groups in total. The number of nitrogens with zero attached hydrogens (tertiary/aromatic N) is 1. The molecule has 0 radical (unpaired) electrons. The normalized spacial score (nSPS) is 8.81. The molecule has 0 aliphatic carbocycles. The Morgan fingerprint density at radius 2 is 0.923 bits per heavy atom. The zero-order valence-corrected chi connectivity index (χ0v) is 19.1. The topological polar surface area (TPSA) is 14.1 Å². The van der Waals surface area contributed by atoms with Crippen LogP contribution in [0, 0.1) is 34.6 Å². The molecule has 26 heavy (non-hydrogen) atoms. The molecule has 0 amide bonds. The van der Waals surface area contributed by atoms with Crippen molar-refractivity contribution in [3.8, 4) is 0 Å². The molecular formula is C22H25Cl2NTi. The fourth-order valence-corrected chi connectivity index (χ4v) is 2.56. The Morgan fingerprint density at radius 1 is 0.615 bits per heavy atom. The van der Waals surface area contributed by atoms with Crippen molar-refractivity contribution in [2.75, 3.05) is 0 Å². The van der Waals surface area contributed by atoms with Crippen molar-refractivity contribution in [1.29, 1.82) is 0 Å². The second kappa shape index (κ2) is 13.1. The molecule has 0 unspecified atom stereocenters.